The lowest BCUT2D eigenvalue weighted by Crippen LogP contribution is -2.33. The molecule has 0 aliphatic carbocycles. The Kier molecular flexibility index (Phi) is 7.04. The molecule has 1 saturated heterocycles. The minimum atomic E-state index is -0.651. The van der Waals surface area contributed by atoms with Crippen molar-refractivity contribution in [2.45, 2.75) is 31.0 Å². The fourth-order valence-corrected chi connectivity index (χ4v) is 4.60. The summed E-state index contributed by atoms with van der Waals surface area (Å²) in [4.78, 5) is 2.42. The molecule has 0 N–H and O–H groups in total. The fraction of sp³-hybridized carbons (Fsp3) is 0.296. The lowest BCUT2D eigenvalue weighted by molar-refractivity contribution is 0.0464. The van der Waals surface area contributed by atoms with Crippen LogP contribution in [-0.2, 0) is 16.8 Å². The molecule has 0 spiro atoms. The molecule has 3 nitrogen and oxygen atoms in total. The molecule has 1 heterocycles. The van der Waals surface area contributed by atoms with Crippen LogP contribution in [0.3, 0.4) is 0 Å². The van der Waals surface area contributed by atoms with Crippen LogP contribution < -0.4 is 0 Å². The van der Waals surface area contributed by atoms with E-state index < -0.39 is 5.41 Å². The van der Waals surface area contributed by atoms with Crippen molar-refractivity contribution in [2.24, 2.45) is 0 Å². The first-order chi connectivity index (χ1) is 15.2. The van der Waals surface area contributed by atoms with E-state index in [1.54, 1.807) is 0 Å². The Morgan fingerprint density at radius 3 is 2.26 bits per heavy atom. The van der Waals surface area contributed by atoms with Crippen LogP contribution in [0.1, 0.15) is 29.5 Å². The second kappa shape index (κ2) is 10.1. The first-order valence-electron chi connectivity index (χ1n) is 10.8. The van der Waals surface area contributed by atoms with Gasteiger partial charge in [-0.2, -0.15) is 5.26 Å². The minimum Gasteiger partial charge on any atom is -0.372 e. The molecule has 1 atom stereocenters. The number of halogens is 1. The van der Waals surface area contributed by atoms with Crippen molar-refractivity contribution in [2.75, 3.05) is 19.6 Å². The van der Waals surface area contributed by atoms with Crippen LogP contribution in [0.2, 0.25) is 5.02 Å². The average Bonchev–Trinajstić information content (AvgIpc) is 3.28. The van der Waals surface area contributed by atoms with Gasteiger partial charge < -0.3 is 9.64 Å². The number of hydrogen-bond donors (Lipinski definition) is 0. The number of rotatable bonds is 8. The number of hydrogen-bond acceptors (Lipinski definition) is 3. The lowest BCUT2D eigenvalue weighted by atomic mass is 9.73. The molecular weight excluding hydrogens is 404 g/mol. The molecule has 0 aromatic heterocycles. The smallest absolute Gasteiger partial charge is 0.108 e. The maximum absolute atomic E-state index is 10.3. The summed E-state index contributed by atoms with van der Waals surface area (Å²) in [6, 6.07) is 30.8. The Bertz CT molecular complexity index is 977. The van der Waals surface area contributed by atoms with E-state index in [4.69, 9.17) is 16.3 Å². The van der Waals surface area contributed by atoms with Gasteiger partial charge in [-0.1, -0.05) is 84.4 Å². The van der Waals surface area contributed by atoms with E-state index in [-0.39, 0.29) is 6.10 Å². The van der Waals surface area contributed by atoms with Crippen LogP contribution in [0.5, 0.6) is 0 Å². The maximum Gasteiger partial charge on any atom is 0.108 e. The predicted molar refractivity (Wildman–Crippen MR) is 125 cm³/mol. The van der Waals surface area contributed by atoms with Crippen molar-refractivity contribution >= 4 is 11.6 Å². The van der Waals surface area contributed by atoms with Gasteiger partial charge in [0.05, 0.1) is 18.8 Å². The van der Waals surface area contributed by atoms with E-state index in [9.17, 15) is 5.26 Å². The van der Waals surface area contributed by atoms with Gasteiger partial charge in [-0.05, 0) is 41.7 Å². The molecule has 0 bridgehead atoms. The van der Waals surface area contributed by atoms with E-state index in [0.717, 1.165) is 54.2 Å². The van der Waals surface area contributed by atoms with Crippen LogP contribution in [0, 0.1) is 11.3 Å². The van der Waals surface area contributed by atoms with E-state index >= 15 is 0 Å². The number of likely N-dealkylation sites (tertiary alicyclic amines) is 1. The van der Waals surface area contributed by atoms with Gasteiger partial charge in [-0.25, -0.2) is 0 Å². The summed E-state index contributed by atoms with van der Waals surface area (Å²) in [5.74, 6) is 0. The van der Waals surface area contributed by atoms with Crippen LogP contribution in [0.4, 0.5) is 0 Å². The van der Waals surface area contributed by atoms with Gasteiger partial charge in [0.15, 0.2) is 0 Å². The molecule has 3 aromatic rings. The third-order valence-corrected chi connectivity index (χ3v) is 6.37. The zero-order valence-electron chi connectivity index (χ0n) is 17.6. The van der Waals surface area contributed by atoms with Crippen LogP contribution in [-0.4, -0.2) is 30.6 Å². The Morgan fingerprint density at radius 2 is 1.65 bits per heavy atom. The van der Waals surface area contributed by atoms with Crippen molar-refractivity contribution < 1.29 is 4.74 Å². The Hall–Kier alpha value is -2.64. The molecule has 1 fully saturated rings. The van der Waals surface area contributed by atoms with Gasteiger partial charge in [0.25, 0.3) is 0 Å². The van der Waals surface area contributed by atoms with E-state index in [0.29, 0.717) is 6.61 Å². The molecule has 31 heavy (non-hydrogen) atoms. The van der Waals surface area contributed by atoms with Crippen LogP contribution in [0.25, 0.3) is 0 Å². The minimum absolute atomic E-state index is 0.212. The predicted octanol–water partition coefficient (Wildman–Crippen LogP) is 5.83. The highest BCUT2D eigenvalue weighted by molar-refractivity contribution is 6.30. The third kappa shape index (κ3) is 5.17. The molecular formula is C27H27ClN2O. The summed E-state index contributed by atoms with van der Waals surface area (Å²) in [5.41, 5.74) is 2.55. The topological polar surface area (TPSA) is 36.3 Å². The van der Waals surface area contributed by atoms with Crippen molar-refractivity contribution in [3.8, 4) is 6.07 Å². The number of ether oxygens (including phenoxy) is 1. The summed E-state index contributed by atoms with van der Waals surface area (Å²) in [6.45, 7) is 3.32. The summed E-state index contributed by atoms with van der Waals surface area (Å²) >= 11 is 6.07. The lowest BCUT2D eigenvalue weighted by Gasteiger charge is -2.30. The van der Waals surface area contributed by atoms with Gasteiger partial charge in [0, 0.05) is 24.7 Å². The Balaban J connectivity index is 1.41. The first-order valence-corrected chi connectivity index (χ1v) is 11.2. The van der Waals surface area contributed by atoms with Gasteiger partial charge >= 0.3 is 0 Å². The fourth-order valence-electron chi connectivity index (χ4n) is 4.39. The summed E-state index contributed by atoms with van der Waals surface area (Å²) < 4.78 is 6.14. The average molecular weight is 431 g/mol. The highest BCUT2D eigenvalue weighted by Crippen LogP contribution is 2.35. The zero-order valence-corrected chi connectivity index (χ0v) is 18.3. The van der Waals surface area contributed by atoms with Gasteiger partial charge in [0.1, 0.15) is 5.41 Å². The van der Waals surface area contributed by atoms with E-state index in [1.165, 1.54) is 0 Å². The number of nitrogens with zero attached hydrogens (tertiary/aromatic N) is 2. The van der Waals surface area contributed by atoms with Crippen molar-refractivity contribution in [3.05, 3.63) is 107 Å². The van der Waals surface area contributed by atoms with Crippen molar-refractivity contribution in [1.82, 2.24) is 4.90 Å². The first kappa shape index (κ1) is 21.6. The highest BCUT2D eigenvalue weighted by atomic mass is 35.5. The van der Waals surface area contributed by atoms with E-state index in [2.05, 4.69) is 35.2 Å². The Labute approximate surface area is 189 Å². The number of benzene rings is 3. The molecule has 158 valence electrons. The molecule has 3 aromatic carbocycles. The van der Waals surface area contributed by atoms with Gasteiger partial charge in [0.2, 0.25) is 0 Å². The quantitative estimate of drug-likeness (QED) is 0.451. The molecule has 1 aliphatic rings. The Morgan fingerprint density at radius 1 is 0.968 bits per heavy atom. The van der Waals surface area contributed by atoms with E-state index in [1.807, 2.05) is 60.7 Å². The van der Waals surface area contributed by atoms with Gasteiger partial charge in [-0.15, -0.1) is 0 Å². The molecule has 0 amide bonds. The molecule has 1 aliphatic heterocycles. The standard InChI is InChI=1S/C27H27ClN2O/c28-25-13-7-8-22(18-25)20-31-26-14-16-30(19-26)17-15-27(21-29,23-9-3-1-4-10-23)24-11-5-2-6-12-24/h1-13,18,26H,14-17,19-20H2/t26-/m0/s1. The summed E-state index contributed by atoms with van der Waals surface area (Å²) in [6.07, 6.45) is 1.97. The monoisotopic (exact) mass is 430 g/mol. The molecule has 0 radical (unpaired) electrons. The molecule has 4 heteroatoms. The largest absolute Gasteiger partial charge is 0.372 e. The molecule has 0 saturated carbocycles. The summed E-state index contributed by atoms with van der Waals surface area (Å²) in [5, 5.41) is 11.1. The van der Waals surface area contributed by atoms with Gasteiger partial charge in [-0.3, -0.25) is 0 Å². The van der Waals surface area contributed by atoms with Crippen molar-refractivity contribution in [1.29, 1.82) is 5.26 Å². The highest BCUT2D eigenvalue weighted by Gasteiger charge is 2.35. The normalized spacial score (nSPS) is 16.8. The molecule has 0 unspecified atom stereocenters. The second-order valence-electron chi connectivity index (χ2n) is 8.15. The molecule has 4 rings (SSSR count). The van der Waals surface area contributed by atoms with Crippen LogP contribution in [0.15, 0.2) is 84.9 Å². The zero-order chi connectivity index (χ0) is 21.5. The SMILES string of the molecule is N#CC(CCN1CC[C@H](OCc2cccc(Cl)c2)C1)(c1ccccc1)c1ccccc1. The van der Waals surface area contributed by atoms with Crippen LogP contribution >= 0.6 is 11.6 Å². The van der Waals surface area contributed by atoms with Crippen molar-refractivity contribution in [3.63, 3.8) is 0 Å². The third-order valence-electron chi connectivity index (χ3n) is 6.13. The maximum atomic E-state index is 10.3. The second-order valence-corrected chi connectivity index (χ2v) is 8.59. The number of nitriles is 1. The summed E-state index contributed by atoms with van der Waals surface area (Å²) in [7, 11) is 0.